The van der Waals surface area contributed by atoms with E-state index in [9.17, 15) is 9.59 Å². The van der Waals surface area contributed by atoms with Crippen LogP contribution in [0.2, 0.25) is 0 Å². The second-order valence-corrected chi connectivity index (χ2v) is 2.44. The summed E-state index contributed by atoms with van der Waals surface area (Å²) in [6.45, 7) is 1.72. The Hall–Kier alpha value is -1.64. The van der Waals surface area contributed by atoms with E-state index in [1.54, 1.807) is 25.3 Å². The quantitative estimate of drug-likeness (QED) is 0.520. The van der Waals surface area contributed by atoms with E-state index in [2.05, 4.69) is 4.98 Å². The second-order valence-electron chi connectivity index (χ2n) is 2.44. The largest absolute Gasteiger partial charge is 0.328 e. The maximum Gasteiger partial charge on any atom is 0.250 e. The van der Waals surface area contributed by atoms with Crippen molar-refractivity contribution in [3.8, 4) is 0 Å². The Balaban J connectivity index is 3.05. The van der Waals surface area contributed by atoms with Gasteiger partial charge in [0.15, 0.2) is 0 Å². The predicted octanol–water partition coefficient (Wildman–Crippen LogP) is 0.895. The number of aromatic amines is 1. The average molecular weight is 163 g/mol. The number of pyridine rings is 1. The number of carbonyl (C=O) groups excluding carboxylic acids is 1. The third-order valence-electron chi connectivity index (χ3n) is 1.48. The average Bonchev–Trinajstić information content (AvgIpc) is 2.07. The molecule has 12 heavy (non-hydrogen) atoms. The molecule has 62 valence electrons. The number of hydrogen-bond acceptors (Lipinski definition) is 2. The Morgan fingerprint density at radius 2 is 2.25 bits per heavy atom. The number of aryl methyl sites for hydroxylation is 1. The number of aromatic nitrogens is 1. The first-order valence-electron chi connectivity index (χ1n) is 3.55. The van der Waals surface area contributed by atoms with E-state index in [1.807, 2.05) is 0 Å². The van der Waals surface area contributed by atoms with Gasteiger partial charge in [-0.3, -0.25) is 9.59 Å². The summed E-state index contributed by atoms with van der Waals surface area (Å²) in [5.41, 5.74) is 1.36. The highest BCUT2D eigenvalue weighted by atomic mass is 16.1. The van der Waals surface area contributed by atoms with Gasteiger partial charge in [-0.05, 0) is 24.6 Å². The van der Waals surface area contributed by atoms with Crippen LogP contribution in [0.5, 0.6) is 0 Å². The van der Waals surface area contributed by atoms with Gasteiger partial charge in [0.1, 0.15) is 6.29 Å². The number of allylic oxidation sites excluding steroid dienone is 1. The summed E-state index contributed by atoms with van der Waals surface area (Å²) < 4.78 is 0. The highest BCUT2D eigenvalue weighted by molar-refractivity contribution is 5.73. The molecule has 1 N–H and O–H groups in total. The Kier molecular flexibility index (Phi) is 2.58. The standard InChI is InChI=1S/C9H9NO2/c1-7-5-8(3-2-4-11)6-10-9(7)12/h2-6H,1H3,(H,10,12). The fourth-order valence-corrected chi connectivity index (χ4v) is 0.867. The van der Waals surface area contributed by atoms with Crippen LogP contribution >= 0.6 is 0 Å². The molecule has 0 aromatic carbocycles. The molecule has 0 unspecified atom stereocenters. The minimum atomic E-state index is -0.0988. The second kappa shape index (κ2) is 3.67. The van der Waals surface area contributed by atoms with Crippen molar-refractivity contribution in [2.75, 3.05) is 0 Å². The minimum absolute atomic E-state index is 0.0988. The van der Waals surface area contributed by atoms with Crippen LogP contribution < -0.4 is 5.56 Å². The fraction of sp³-hybridized carbons (Fsp3) is 0.111. The zero-order chi connectivity index (χ0) is 8.97. The van der Waals surface area contributed by atoms with Crippen LogP contribution in [-0.4, -0.2) is 11.3 Å². The molecular formula is C9H9NO2. The van der Waals surface area contributed by atoms with Crippen molar-refractivity contribution in [1.29, 1.82) is 0 Å². The van der Waals surface area contributed by atoms with Crippen molar-refractivity contribution < 1.29 is 4.79 Å². The van der Waals surface area contributed by atoms with E-state index >= 15 is 0 Å². The van der Waals surface area contributed by atoms with Gasteiger partial charge in [0.05, 0.1) is 0 Å². The highest BCUT2D eigenvalue weighted by Crippen LogP contribution is 1.98. The Morgan fingerprint density at radius 1 is 1.50 bits per heavy atom. The lowest BCUT2D eigenvalue weighted by Crippen LogP contribution is -2.07. The number of hydrogen-bond donors (Lipinski definition) is 1. The lowest BCUT2D eigenvalue weighted by atomic mass is 10.2. The summed E-state index contributed by atoms with van der Waals surface area (Å²) in [5.74, 6) is 0. The molecular weight excluding hydrogens is 154 g/mol. The maximum atomic E-state index is 10.9. The molecule has 1 rings (SSSR count). The fourth-order valence-electron chi connectivity index (χ4n) is 0.867. The van der Waals surface area contributed by atoms with E-state index in [0.29, 0.717) is 11.8 Å². The van der Waals surface area contributed by atoms with E-state index in [0.717, 1.165) is 5.56 Å². The van der Waals surface area contributed by atoms with Gasteiger partial charge in [-0.15, -0.1) is 0 Å². The van der Waals surface area contributed by atoms with Crippen molar-refractivity contribution in [2.24, 2.45) is 0 Å². The molecule has 1 aromatic heterocycles. The van der Waals surface area contributed by atoms with Crippen LogP contribution in [0, 0.1) is 6.92 Å². The molecule has 0 bridgehead atoms. The maximum absolute atomic E-state index is 10.9. The molecule has 0 amide bonds. The predicted molar refractivity (Wildman–Crippen MR) is 46.9 cm³/mol. The smallest absolute Gasteiger partial charge is 0.250 e. The third-order valence-corrected chi connectivity index (χ3v) is 1.48. The van der Waals surface area contributed by atoms with Crippen LogP contribution in [0.1, 0.15) is 11.1 Å². The zero-order valence-electron chi connectivity index (χ0n) is 6.70. The van der Waals surface area contributed by atoms with Crippen molar-refractivity contribution in [3.05, 3.63) is 39.8 Å². The summed E-state index contributed by atoms with van der Waals surface area (Å²) >= 11 is 0. The topological polar surface area (TPSA) is 49.9 Å². The van der Waals surface area contributed by atoms with Crippen molar-refractivity contribution in [1.82, 2.24) is 4.98 Å². The molecule has 0 aliphatic rings. The number of H-pyrrole nitrogens is 1. The van der Waals surface area contributed by atoms with Gasteiger partial charge < -0.3 is 4.98 Å². The Bertz CT molecular complexity index is 363. The number of rotatable bonds is 2. The van der Waals surface area contributed by atoms with Crippen LogP contribution in [0.25, 0.3) is 6.08 Å². The molecule has 0 atom stereocenters. The van der Waals surface area contributed by atoms with Crippen LogP contribution in [-0.2, 0) is 4.79 Å². The molecule has 0 saturated carbocycles. The lowest BCUT2D eigenvalue weighted by Gasteiger charge is -1.93. The zero-order valence-corrected chi connectivity index (χ0v) is 6.70. The molecule has 1 heterocycles. The van der Waals surface area contributed by atoms with Crippen molar-refractivity contribution in [3.63, 3.8) is 0 Å². The van der Waals surface area contributed by atoms with E-state index in [-0.39, 0.29) is 5.56 Å². The molecule has 0 spiro atoms. The van der Waals surface area contributed by atoms with E-state index in [4.69, 9.17) is 0 Å². The molecule has 0 radical (unpaired) electrons. The van der Waals surface area contributed by atoms with Gasteiger partial charge in [0, 0.05) is 11.8 Å². The number of carbonyl (C=O) groups is 1. The first kappa shape index (κ1) is 8.46. The Labute approximate surface area is 69.7 Å². The van der Waals surface area contributed by atoms with Gasteiger partial charge in [-0.25, -0.2) is 0 Å². The van der Waals surface area contributed by atoms with Crippen LogP contribution in [0.15, 0.2) is 23.1 Å². The monoisotopic (exact) mass is 163 g/mol. The van der Waals surface area contributed by atoms with Gasteiger partial charge in [-0.1, -0.05) is 6.08 Å². The van der Waals surface area contributed by atoms with Gasteiger partial charge >= 0.3 is 0 Å². The lowest BCUT2D eigenvalue weighted by molar-refractivity contribution is -0.104. The number of aldehydes is 1. The molecule has 3 heteroatoms. The van der Waals surface area contributed by atoms with Gasteiger partial charge in [0.25, 0.3) is 5.56 Å². The minimum Gasteiger partial charge on any atom is -0.328 e. The molecule has 1 aromatic rings. The molecule has 0 saturated heterocycles. The number of nitrogens with one attached hydrogen (secondary N) is 1. The van der Waals surface area contributed by atoms with E-state index in [1.165, 1.54) is 6.08 Å². The SMILES string of the molecule is Cc1cc(C=CC=O)c[nH]c1=O. The summed E-state index contributed by atoms with van der Waals surface area (Å²) in [6.07, 6.45) is 5.28. The summed E-state index contributed by atoms with van der Waals surface area (Å²) in [5, 5.41) is 0. The highest BCUT2D eigenvalue weighted by Gasteiger charge is 1.91. The van der Waals surface area contributed by atoms with Crippen molar-refractivity contribution in [2.45, 2.75) is 6.92 Å². The van der Waals surface area contributed by atoms with Gasteiger partial charge in [-0.2, -0.15) is 0 Å². The Morgan fingerprint density at radius 3 is 2.83 bits per heavy atom. The summed E-state index contributed by atoms with van der Waals surface area (Å²) in [7, 11) is 0. The molecule has 0 aliphatic carbocycles. The molecule has 0 fully saturated rings. The third kappa shape index (κ3) is 1.92. The molecule has 0 aliphatic heterocycles. The van der Waals surface area contributed by atoms with Gasteiger partial charge in [0.2, 0.25) is 0 Å². The summed E-state index contributed by atoms with van der Waals surface area (Å²) in [6, 6.07) is 1.72. The van der Waals surface area contributed by atoms with Crippen molar-refractivity contribution >= 4 is 12.4 Å². The first-order valence-corrected chi connectivity index (χ1v) is 3.55. The summed E-state index contributed by atoms with van der Waals surface area (Å²) in [4.78, 5) is 23.4. The van der Waals surface area contributed by atoms with E-state index < -0.39 is 0 Å². The normalized spacial score (nSPS) is 10.4. The van der Waals surface area contributed by atoms with Crippen LogP contribution in [0.4, 0.5) is 0 Å². The molecule has 3 nitrogen and oxygen atoms in total. The van der Waals surface area contributed by atoms with Crippen LogP contribution in [0.3, 0.4) is 0 Å². The first-order chi connectivity index (χ1) is 5.74.